The number of aryl methyl sites for hydroxylation is 2. The van der Waals surface area contributed by atoms with E-state index in [1.807, 2.05) is 4.57 Å². The Morgan fingerprint density at radius 2 is 1.32 bits per heavy atom. The van der Waals surface area contributed by atoms with Crippen molar-refractivity contribution in [3.63, 3.8) is 0 Å². The average Bonchev–Trinajstić information content (AvgIpc) is 3.23. The maximum atomic E-state index is 13.2. The average molecular weight is 479 g/mol. The number of aliphatic hydroxyl groups is 2. The number of rotatable bonds is 18. The van der Waals surface area contributed by atoms with E-state index in [9.17, 15) is 19.8 Å². The second-order valence-corrected chi connectivity index (χ2v) is 9.70. The Morgan fingerprint density at radius 1 is 0.794 bits per heavy atom. The van der Waals surface area contributed by atoms with Crippen LogP contribution in [0.4, 0.5) is 0 Å². The molecular weight excluding hydrogens is 432 g/mol. The van der Waals surface area contributed by atoms with Crippen LogP contribution < -0.4 is 11.2 Å². The summed E-state index contributed by atoms with van der Waals surface area (Å²) in [7, 11) is 1.68. The van der Waals surface area contributed by atoms with E-state index in [0.29, 0.717) is 24.3 Å². The van der Waals surface area contributed by atoms with Gasteiger partial charge in [0.2, 0.25) is 0 Å². The van der Waals surface area contributed by atoms with E-state index >= 15 is 0 Å². The van der Waals surface area contributed by atoms with Crippen molar-refractivity contribution in [1.29, 1.82) is 0 Å². The smallest absolute Gasteiger partial charge is 0.332 e. The van der Waals surface area contributed by atoms with Crippen molar-refractivity contribution in [2.45, 2.75) is 129 Å². The van der Waals surface area contributed by atoms with Gasteiger partial charge in [-0.2, -0.15) is 0 Å². The fourth-order valence-electron chi connectivity index (χ4n) is 4.66. The molecule has 2 aromatic rings. The van der Waals surface area contributed by atoms with Gasteiger partial charge in [0.25, 0.3) is 5.56 Å². The number of fused-ring (bicyclic) bond motifs is 1. The lowest BCUT2D eigenvalue weighted by atomic mass is 10.1. The van der Waals surface area contributed by atoms with E-state index in [1.165, 1.54) is 9.13 Å². The predicted octanol–water partition coefficient (Wildman–Crippen LogP) is 4.12. The molecule has 0 aliphatic carbocycles. The molecule has 0 aliphatic rings. The van der Waals surface area contributed by atoms with Gasteiger partial charge < -0.3 is 14.8 Å². The van der Waals surface area contributed by atoms with Crippen LogP contribution in [-0.4, -0.2) is 41.1 Å². The molecule has 0 bridgehead atoms. The SMILES string of the molecule is CCCC(O)CCCCCCn1c(=O)c2c(ncn2CCCCCCC(O)CCC)n(C)c1=O. The summed E-state index contributed by atoms with van der Waals surface area (Å²) in [5.74, 6) is 0. The van der Waals surface area contributed by atoms with Gasteiger partial charge in [0, 0.05) is 20.1 Å². The lowest BCUT2D eigenvalue weighted by molar-refractivity contribution is 0.149. The summed E-state index contributed by atoms with van der Waals surface area (Å²) >= 11 is 0. The molecule has 2 atom stereocenters. The maximum absolute atomic E-state index is 13.2. The van der Waals surface area contributed by atoms with E-state index in [0.717, 1.165) is 89.9 Å². The maximum Gasteiger partial charge on any atom is 0.332 e. The van der Waals surface area contributed by atoms with E-state index in [-0.39, 0.29) is 23.5 Å². The molecule has 2 aromatic heterocycles. The van der Waals surface area contributed by atoms with Crippen LogP contribution in [-0.2, 0) is 20.1 Å². The summed E-state index contributed by atoms with van der Waals surface area (Å²) in [5, 5.41) is 19.7. The van der Waals surface area contributed by atoms with Crippen LogP contribution in [0.15, 0.2) is 15.9 Å². The molecule has 34 heavy (non-hydrogen) atoms. The highest BCUT2D eigenvalue weighted by Crippen LogP contribution is 2.13. The van der Waals surface area contributed by atoms with Crippen LogP contribution >= 0.6 is 0 Å². The summed E-state index contributed by atoms with van der Waals surface area (Å²) in [6.45, 7) is 5.27. The largest absolute Gasteiger partial charge is 0.393 e. The van der Waals surface area contributed by atoms with Gasteiger partial charge >= 0.3 is 5.69 Å². The number of nitrogens with zero attached hydrogens (tertiary/aromatic N) is 4. The first-order valence-electron chi connectivity index (χ1n) is 13.4. The Bertz CT molecular complexity index is 962. The first-order chi connectivity index (χ1) is 16.4. The van der Waals surface area contributed by atoms with Crippen LogP contribution in [0, 0.1) is 0 Å². The van der Waals surface area contributed by atoms with Crippen LogP contribution in [0.5, 0.6) is 0 Å². The van der Waals surface area contributed by atoms with Gasteiger partial charge in [-0.1, -0.05) is 65.2 Å². The van der Waals surface area contributed by atoms with Crippen LogP contribution in [0.2, 0.25) is 0 Å². The highest BCUT2D eigenvalue weighted by atomic mass is 16.3. The molecule has 2 N–H and O–H groups in total. The second kappa shape index (κ2) is 15.1. The Labute approximate surface area is 203 Å². The summed E-state index contributed by atoms with van der Waals surface area (Å²) in [5.41, 5.74) is 0.380. The Morgan fingerprint density at radius 3 is 1.88 bits per heavy atom. The van der Waals surface area contributed by atoms with E-state index in [2.05, 4.69) is 18.8 Å². The summed E-state index contributed by atoms with van der Waals surface area (Å²) in [6, 6.07) is 0. The standard InChI is InChI=1S/C26H46N4O4/c1-4-14-21(31)16-10-6-8-12-18-29-20-27-24-23(29)25(33)30(26(34)28(24)3)19-13-9-7-11-17-22(32)15-5-2/h20-22,31-32H,4-19H2,1-3H3. The van der Waals surface area contributed by atoms with Crippen molar-refractivity contribution in [2.75, 3.05) is 0 Å². The Hall–Kier alpha value is -1.93. The molecule has 2 heterocycles. The fourth-order valence-corrected chi connectivity index (χ4v) is 4.66. The molecule has 0 aliphatic heterocycles. The van der Waals surface area contributed by atoms with Crippen molar-refractivity contribution in [2.24, 2.45) is 7.05 Å². The first kappa shape index (κ1) is 28.3. The molecule has 0 aromatic carbocycles. The molecule has 8 heteroatoms. The third-order valence-corrected chi connectivity index (χ3v) is 6.70. The molecule has 0 saturated heterocycles. The summed E-state index contributed by atoms with van der Waals surface area (Å²) in [6.07, 6.45) is 14.4. The number of hydrogen-bond donors (Lipinski definition) is 2. The van der Waals surface area contributed by atoms with Crippen LogP contribution in [0.1, 0.15) is 104 Å². The normalized spacial score (nSPS) is 13.6. The van der Waals surface area contributed by atoms with E-state index in [4.69, 9.17) is 0 Å². The molecule has 2 rings (SSSR count). The van der Waals surface area contributed by atoms with Gasteiger partial charge in [-0.15, -0.1) is 0 Å². The Balaban J connectivity index is 1.90. The van der Waals surface area contributed by atoms with Gasteiger partial charge in [0.15, 0.2) is 11.2 Å². The lowest BCUT2D eigenvalue weighted by Gasteiger charge is -2.11. The third kappa shape index (κ3) is 8.38. The van der Waals surface area contributed by atoms with Crippen molar-refractivity contribution >= 4 is 11.2 Å². The van der Waals surface area contributed by atoms with Crippen molar-refractivity contribution in [1.82, 2.24) is 18.7 Å². The van der Waals surface area contributed by atoms with Crippen LogP contribution in [0.25, 0.3) is 11.2 Å². The minimum Gasteiger partial charge on any atom is -0.393 e. The quantitative estimate of drug-likeness (QED) is 0.314. The van der Waals surface area contributed by atoms with Crippen molar-refractivity contribution in [3.05, 3.63) is 27.2 Å². The number of aliphatic hydroxyl groups excluding tert-OH is 2. The molecule has 8 nitrogen and oxygen atoms in total. The highest BCUT2D eigenvalue weighted by Gasteiger charge is 2.16. The van der Waals surface area contributed by atoms with Gasteiger partial charge in [0.1, 0.15) is 0 Å². The van der Waals surface area contributed by atoms with Crippen molar-refractivity contribution < 1.29 is 10.2 Å². The van der Waals surface area contributed by atoms with Crippen LogP contribution in [0.3, 0.4) is 0 Å². The lowest BCUT2D eigenvalue weighted by Crippen LogP contribution is -2.39. The van der Waals surface area contributed by atoms with Gasteiger partial charge in [0.05, 0.1) is 18.5 Å². The molecule has 0 saturated carbocycles. The third-order valence-electron chi connectivity index (χ3n) is 6.70. The molecular formula is C26H46N4O4. The van der Waals surface area contributed by atoms with E-state index in [1.54, 1.807) is 13.4 Å². The zero-order valence-corrected chi connectivity index (χ0v) is 21.5. The molecule has 0 fully saturated rings. The Kier molecular flexibility index (Phi) is 12.6. The summed E-state index contributed by atoms with van der Waals surface area (Å²) < 4.78 is 4.71. The number of imidazole rings is 1. The summed E-state index contributed by atoms with van der Waals surface area (Å²) in [4.78, 5) is 30.3. The predicted molar refractivity (Wildman–Crippen MR) is 137 cm³/mol. The second-order valence-electron chi connectivity index (χ2n) is 9.70. The minimum absolute atomic E-state index is 0.185. The van der Waals surface area contributed by atoms with Gasteiger partial charge in [-0.3, -0.25) is 13.9 Å². The fraction of sp³-hybridized carbons (Fsp3) is 0.808. The highest BCUT2D eigenvalue weighted by molar-refractivity contribution is 5.69. The van der Waals surface area contributed by atoms with Gasteiger partial charge in [-0.05, 0) is 38.5 Å². The zero-order chi connectivity index (χ0) is 24.9. The number of aromatic nitrogens is 4. The van der Waals surface area contributed by atoms with E-state index < -0.39 is 0 Å². The van der Waals surface area contributed by atoms with Gasteiger partial charge in [-0.25, -0.2) is 9.78 Å². The topological polar surface area (TPSA) is 102 Å². The zero-order valence-electron chi connectivity index (χ0n) is 21.5. The molecule has 194 valence electrons. The van der Waals surface area contributed by atoms with Crippen molar-refractivity contribution in [3.8, 4) is 0 Å². The molecule has 0 amide bonds. The minimum atomic E-state index is -0.313. The number of unbranched alkanes of at least 4 members (excludes halogenated alkanes) is 6. The molecule has 0 spiro atoms. The molecule has 2 unspecified atom stereocenters. The first-order valence-corrected chi connectivity index (χ1v) is 13.4. The molecule has 0 radical (unpaired) electrons. The number of hydrogen-bond acceptors (Lipinski definition) is 5. The monoisotopic (exact) mass is 478 g/mol.